The zero-order chi connectivity index (χ0) is 20.0. The fraction of sp³-hybridized carbons (Fsp3) is 0.923. The van der Waals surface area contributed by atoms with E-state index in [9.17, 15) is 0 Å². The first kappa shape index (κ1) is 34.0. The summed E-state index contributed by atoms with van der Waals surface area (Å²) in [7, 11) is 0. The van der Waals surface area contributed by atoms with Crippen molar-refractivity contribution in [2.24, 2.45) is 17.3 Å². The highest BCUT2D eigenvalue weighted by Crippen LogP contribution is 2.43. The average molecular weight is 479 g/mol. The zero-order valence-corrected chi connectivity index (χ0v) is 21.1. The first-order chi connectivity index (χ1) is 13.5. The Bertz CT molecular complexity index is 509. The molecular formula is C26H55ClN2O3. The molecule has 0 spiro atoms. The van der Waals surface area contributed by atoms with Crippen LogP contribution < -0.4 is 5.32 Å². The zero-order valence-electron chi connectivity index (χ0n) is 20.3. The van der Waals surface area contributed by atoms with Gasteiger partial charge in [0.2, 0.25) is 0 Å². The van der Waals surface area contributed by atoms with Gasteiger partial charge in [0.05, 0.1) is 0 Å². The van der Waals surface area contributed by atoms with Crippen LogP contribution in [0.15, 0.2) is 11.6 Å². The summed E-state index contributed by atoms with van der Waals surface area (Å²) in [5.74, 6) is 1.70. The molecule has 2 fully saturated rings. The van der Waals surface area contributed by atoms with E-state index in [1.165, 1.54) is 90.4 Å². The smallest absolute Gasteiger partial charge is 0.0373 e. The largest absolute Gasteiger partial charge is 0.412 e. The number of nitrogens with one attached hydrogen (secondary N) is 1. The lowest BCUT2D eigenvalue weighted by Crippen LogP contribution is -2.51. The molecule has 0 radical (unpaired) electrons. The summed E-state index contributed by atoms with van der Waals surface area (Å²) >= 11 is 6.33. The second-order valence-corrected chi connectivity index (χ2v) is 11.2. The number of nitrogens with zero attached hydrogens (tertiary/aromatic N) is 1. The maximum atomic E-state index is 6.33. The molecule has 6 heteroatoms. The van der Waals surface area contributed by atoms with Crippen LogP contribution in [0.2, 0.25) is 0 Å². The number of allylic oxidation sites excluding steroid dienone is 2. The van der Waals surface area contributed by atoms with Crippen molar-refractivity contribution in [1.29, 1.82) is 0 Å². The lowest BCUT2D eigenvalue weighted by atomic mass is 9.68. The first-order valence-corrected chi connectivity index (χ1v) is 12.7. The fourth-order valence-corrected chi connectivity index (χ4v) is 6.22. The maximum absolute atomic E-state index is 6.33. The second-order valence-electron chi connectivity index (χ2n) is 10.6. The highest BCUT2D eigenvalue weighted by Gasteiger charge is 2.38. The molecule has 3 atom stereocenters. The van der Waals surface area contributed by atoms with Crippen molar-refractivity contribution in [2.45, 2.75) is 110 Å². The van der Waals surface area contributed by atoms with Gasteiger partial charge in [0.1, 0.15) is 0 Å². The molecule has 0 aromatic carbocycles. The van der Waals surface area contributed by atoms with Gasteiger partial charge in [-0.1, -0.05) is 65.5 Å². The SMILES string of the molecule is C.CCCC[C@H](CN1CCC(C2=CCC(Cl)CC2)C(C)(C)C1)NCC1CCCC1.O.O.O. The molecule has 5 nitrogen and oxygen atoms in total. The molecule has 32 heavy (non-hydrogen) atoms. The molecule has 3 rings (SSSR count). The summed E-state index contributed by atoms with van der Waals surface area (Å²) in [6, 6.07) is 0.679. The van der Waals surface area contributed by atoms with E-state index in [1.807, 2.05) is 0 Å². The summed E-state index contributed by atoms with van der Waals surface area (Å²) in [6.45, 7) is 12.3. The van der Waals surface area contributed by atoms with Gasteiger partial charge in [0, 0.05) is 24.5 Å². The summed E-state index contributed by atoms with van der Waals surface area (Å²) in [6.07, 6.45) is 17.1. The Hall–Kier alpha value is -0.170. The number of halogens is 1. The van der Waals surface area contributed by atoms with Crippen LogP contribution >= 0.6 is 11.6 Å². The van der Waals surface area contributed by atoms with Crippen molar-refractivity contribution in [2.75, 3.05) is 26.2 Å². The van der Waals surface area contributed by atoms with Crippen LogP contribution in [0.1, 0.15) is 98.8 Å². The third kappa shape index (κ3) is 9.99. The third-order valence-corrected chi connectivity index (χ3v) is 8.09. The normalized spacial score (nSPS) is 26.6. The van der Waals surface area contributed by atoms with Crippen LogP contribution in [-0.4, -0.2) is 58.9 Å². The monoisotopic (exact) mass is 478 g/mol. The van der Waals surface area contributed by atoms with Crippen molar-refractivity contribution >= 4 is 11.6 Å². The fourth-order valence-electron chi connectivity index (χ4n) is 6.02. The van der Waals surface area contributed by atoms with E-state index in [1.54, 1.807) is 5.57 Å². The molecule has 1 saturated heterocycles. The van der Waals surface area contributed by atoms with Crippen LogP contribution in [0, 0.1) is 17.3 Å². The topological polar surface area (TPSA) is 110 Å². The first-order valence-electron chi connectivity index (χ1n) is 12.3. The van der Waals surface area contributed by atoms with Crippen LogP contribution in [0.4, 0.5) is 0 Å². The summed E-state index contributed by atoms with van der Waals surface area (Å²) < 4.78 is 0. The molecule has 0 aromatic heterocycles. The molecule has 1 aliphatic heterocycles. The molecule has 2 aliphatic carbocycles. The summed E-state index contributed by atoms with van der Waals surface area (Å²) in [4.78, 5) is 2.77. The molecule has 1 heterocycles. The Morgan fingerprint density at radius 1 is 1.12 bits per heavy atom. The molecule has 7 N–H and O–H groups in total. The van der Waals surface area contributed by atoms with Crippen LogP contribution in [0.25, 0.3) is 0 Å². The Morgan fingerprint density at radius 3 is 2.38 bits per heavy atom. The van der Waals surface area contributed by atoms with Gasteiger partial charge >= 0.3 is 0 Å². The van der Waals surface area contributed by atoms with Crippen molar-refractivity contribution in [1.82, 2.24) is 10.2 Å². The van der Waals surface area contributed by atoms with Crippen LogP contribution in [0.3, 0.4) is 0 Å². The van der Waals surface area contributed by atoms with E-state index >= 15 is 0 Å². The highest BCUT2D eigenvalue weighted by atomic mass is 35.5. The number of hydrogen-bond acceptors (Lipinski definition) is 2. The van der Waals surface area contributed by atoms with Crippen molar-refractivity contribution in [3.05, 3.63) is 11.6 Å². The van der Waals surface area contributed by atoms with E-state index in [2.05, 4.69) is 37.1 Å². The predicted molar refractivity (Wildman–Crippen MR) is 141 cm³/mol. The predicted octanol–water partition coefficient (Wildman–Crippen LogP) is 4.55. The van der Waals surface area contributed by atoms with Gasteiger partial charge in [-0.25, -0.2) is 0 Å². The number of unbranched alkanes of at least 4 members (excludes halogenated alkanes) is 1. The molecule has 0 amide bonds. The number of alkyl halides is 1. The van der Waals surface area contributed by atoms with Gasteiger partial charge in [0.15, 0.2) is 0 Å². The van der Waals surface area contributed by atoms with E-state index in [0.717, 1.165) is 18.3 Å². The number of rotatable bonds is 9. The van der Waals surface area contributed by atoms with Gasteiger partial charge < -0.3 is 26.6 Å². The van der Waals surface area contributed by atoms with E-state index in [-0.39, 0.29) is 23.9 Å². The Balaban J connectivity index is 0. The minimum Gasteiger partial charge on any atom is -0.412 e. The molecule has 2 unspecified atom stereocenters. The van der Waals surface area contributed by atoms with Gasteiger partial charge in [-0.2, -0.15) is 0 Å². The van der Waals surface area contributed by atoms with E-state index in [4.69, 9.17) is 11.6 Å². The third-order valence-electron chi connectivity index (χ3n) is 7.69. The Kier molecular flexibility index (Phi) is 17.5. The number of hydrogen-bond donors (Lipinski definition) is 1. The second kappa shape index (κ2) is 16.5. The molecule has 1 saturated carbocycles. The quantitative estimate of drug-likeness (QED) is 0.387. The lowest BCUT2D eigenvalue weighted by molar-refractivity contribution is 0.0627. The van der Waals surface area contributed by atoms with Crippen molar-refractivity contribution in [3.63, 3.8) is 0 Å². The molecule has 3 aliphatic rings. The number of piperidine rings is 1. The number of likely N-dealkylation sites (tertiary alicyclic amines) is 1. The summed E-state index contributed by atoms with van der Waals surface area (Å²) in [5, 5.41) is 4.36. The highest BCUT2D eigenvalue weighted by molar-refractivity contribution is 6.20. The van der Waals surface area contributed by atoms with Crippen molar-refractivity contribution in [3.8, 4) is 0 Å². The van der Waals surface area contributed by atoms with Gasteiger partial charge in [0.25, 0.3) is 0 Å². The van der Waals surface area contributed by atoms with Gasteiger partial charge in [-0.05, 0) is 75.3 Å². The standard InChI is InChI=1S/C25H45ClN2.CH4.3H2O/c1-4-5-10-23(27-17-20-8-6-7-9-20)18-28-16-15-24(25(2,3)19-28)21-11-13-22(26)14-12-21;;;;/h11,20,22-24,27H,4-10,12-19H2,1-3H3;1H4;3*1H2/t22?,23-,24?;;;;/m1..../s1. The minimum absolute atomic E-state index is 0. The molecule has 0 bridgehead atoms. The minimum atomic E-state index is 0. The maximum Gasteiger partial charge on any atom is 0.0373 e. The Labute approximate surface area is 203 Å². The van der Waals surface area contributed by atoms with Crippen LogP contribution in [-0.2, 0) is 0 Å². The molecule has 194 valence electrons. The van der Waals surface area contributed by atoms with Crippen molar-refractivity contribution < 1.29 is 16.4 Å². The van der Waals surface area contributed by atoms with E-state index < -0.39 is 0 Å². The molecular weight excluding hydrogens is 424 g/mol. The summed E-state index contributed by atoms with van der Waals surface area (Å²) in [5.41, 5.74) is 2.09. The average Bonchev–Trinajstić information content (AvgIpc) is 3.18. The molecule has 0 aromatic rings. The lowest BCUT2D eigenvalue weighted by Gasteiger charge is -2.47. The van der Waals surface area contributed by atoms with Gasteiger partial charge in [-0.3, -0.25) is 0 Å². The van der Waals surface area contributed by atoms with E-state index in [0.29, 0.717) is 16.8 Å². The van der Waals surface area contributed by atoms with Crippen LogP contribution in [0.5, 0.6) is 0 Å². The Morgan fingerprint density at radius 2 is 1.81 bits per heavy atom. The van der Waals surface area contributed by atoms with Gasteiger partial charge in [-0.15, -0.1) is 11.6 Å².